The minimum Gasteiger partial charge on any atom is -0.308 e. The summed E-state index contributed by atoms with van der Waals surface area (Å²) in [7, 11) is 0. The molecular weight excluding hydrogens is 351 g/mol. The van der Waals surface area contributed by atoms with E-state index in [4.69, 9.17) is 23.2 Å². The number of pyridine rings is 2. The van der Waals surface area contributed by atoms with Crippen LogP contribution in [0.4, 0.5) is 0 Å². The fraction of sp³-hybridized carbons (Fsp3) is 0. The Balaban J connectivity index is 2.14. The summed E-state index contributed by atoms with van der Waals surface area (Å²) < 4.78 is 2.29. The predicted molar refractivity (Wildman–Crippen MR) is 106 cm³/mol. The van der Waals surface area contributed by atoms with Crippen molar-refractivity contribution < 1.29 is 0 Å². The second kappa shape index (κ2) is 4.54. The van der Waals surface area contributed by atoms with Gasteiger partial charge in [-0.25, -0.2) is 4.98 Å². The number of nitrogens with zero attached hydrogens (tertiary/aromatic N) is 2. The zero-order valence-corrected chi connectivity index (χ0v) is 14.4. The van der Waals surface area contributed by atoms with Crippen molar-refractivity contribution in [3.63, 3.8) is 0 Å². The van der Waals surface area contributed by atoms with E-state index in [-0.39, 0.29) is 0 Å². The van der Waals surface area contributed by atoms with E-state index in [2.05, 4.69) is 57.9 Å². The molecule has 25 heavy (non-hydrogen) atoms. The van der Waals surface area contributed by atoms with Crippen LogP contribution >= 0.6 is 23.2 Å². The average molecular weight is 361 g/mol. The molecule has 0 amide bonds. The maximum atomic E-state index is 6.45. The van der Waals surface area contributed by atoms with Crippen molar-refractivity contribution in [1.29, 1.82) is 0 Å². The lowest BCUT2D eigenvalue weighted by molar-refractivity contribution is 1.32. The monoisotopic (exact) mass is 360 g/mol. The number of benzene rings is 3. The second-order valence-electron chi connectivity index (χ2n) is 6.34. The van der Waals surface area contributed by atoms with Crippen LogP contribution < -0.4 is 0 Å². The highest BCUT2D eigenvalue weighted by molar-refractivity contribution is 6.39. The molecule has 118 valence electrons. The molecule has 6 aromatic rings. The van der Waals surface area contributed by atoms with Crippen LogP contribution in [0.1, 0.15) is 0 Å². The van der Waals surface area contributed by atoms with Crippen LogP contribution in [0.2, 0.25) is 10.2 Å². The molecule has 0 saturated carbocycles. The quantitative estimate of drug-likeness (QED) is 0.167. The molecule has 0 aliphatic carbocycles. The highest BCUT2D eigenvalue weighted by Crippen LogP contribution is 2.41. The summed E-state index contributed by atoms with van der Waals surface area (Å²) in [6.45, 7) is 0. The summed E-state index contributed by atoms with van der Waals surface area (Å²) in [6, 6.07) is 20.8. The summed E-state index contributed by atoms with van der Waals surface area (Å²) in [5.74, 6) is 0. The van der Waals surface area contributed by atoms with E-state index in [1.807, 2.05) is 12.1 Å². The molecule has 0 spiro atoms. The highest BCUT2D eigenvalue weighted by Gasteiger charge is 2.19. The van der Waals surface area contributed by atoms with Gasteiger partial charge in [0.15, 0.2) is 0 Å². The lowest BCUT2D eigenvalue weighted by atomic mass is 10.0. The number of halogens is 2. The highest BCUT2D eigenvalue weighted by atomic mass is 35.5. The van der Waals surface area contributed by atoms with Crippen molar-refractivity contribution in [2.45, 2.75) is 0 Å². The molecule has 0 aliphatic rings. The third-order valence-electron chi connectivity index (χ3n) is 5.09. The van der Waals surface area contributed by atoms with Gasteiger partial charge in [0.2, 0.25) is 0 Å². The Labute approximate surface area is 152 Å². The molecule has 0 saturated heterocycles. The first-order valence-corrected chi connectivity index (χ1v) is 8.81. The van der Waals surface area contributed by atoms with Crippen molar-refractivity contribution in [2.75, 3.05) is 0 Å². The van der Waals surface area contributed by atoms with Gasteiger partial charge in [-0.3, -0.25) is 0 Å². The largest absolute Gasteiger partial charge is 0.308 e. The zero-order valence-electron chi connectivity index (χ0n) is 12.9. The minimum absolute atomic E-state index is 0.451. The maximum absolute atomic E-state index is 6.45. The van der Waals surface area contributed by atoms with Gasteiger partial charge in [-0.2, -0.15) is 0 Å². The molecule has 3 heterocycles. The first-order valence-electron chi connectivity index (χ1n) is 8.06. The zero-order chi connectivity index (χ0) is 16.7. The second-order valence-corrected chi connectivity index (χ2v) is 7.13. The maximum Gasteiger partial charge on any atom is 0.131 e. The van der Waals surface area contributed by atoms with E-state index in [9.17, 15) is 0 Å². The number of fused-ring (bicyclic) bond motifs is 5. The average Bonchev–Trinajstić information content (AvgIpc) is 2.97. The minimum atomic E-state index is 0.451. The van der Waals surface area contributed by atoms with Crippen LogP contribution in [-0.2, 0) is 0 Å². The standard InChI is InChI=1S/C21H10Cl2N2/c22-15-9-8-12-14-6-3-5-13-11-4-1-2-7-16(11)25(21(13)14)17-10-18(23)24-20(15)19(12)17/h1-10H. The van der Waals surface area contributed by atoms with E-state index in [1.165, 1.54) is 27.2 Å². The third kappa shape index (κ3) is 1.59. The molecule has 2 nitrogen and oxygen atoms in total. The Morgan fingerprint density at radius 3 is 2.36 bits per heavy atom. The molecule has 0 N–H and O–H groups in total. The van der Waals surface area contributed by atoms with Crippen molar-refractivity contribution in [1.82, 2.24) is 9.38 Å². The number of rotatable bonds is 0. The van der Waals surface area contributed by atoms with Crippen LogP contribution in [-0.4, -0.2) is 9.38 Å². The molecular formula is C21H10Cl2N2. The summed E-state index contributed by atoms with van der Waals surface area (Å²) in [6.07, 6.45) is 0. The van der Waals surface area contributed by atoms with E-state index in [0.717, 1.165) is 21.8 Å². The van der Waals surface area contributed by atoms with Crippen molar-refractivity contribution in [2.24, 2.45) is 0 Å². The number of hydrogen-bond acceptors (Lipinski definition) is 1. The summed E-state index contributed by atoms with van der Waals surface area (Å²) in [5, 5.41) is 6.96. The molecule has 0 bridgehead atoms. The smallest absolute Gasteiger partial charge is 0.131 e. The summed E-state index contributed by atoms with van der Waals surface area (Å²) in [4.78, 5) is 4.50. The topological polar surface area (TPSA) is 17.3 Å². The summed E-state index contributed by atoms with van der Waals surface area (Å²) >= 11 is 12.8. The van der Waals surface area contributed by atoms with Gasteiger partial charge in [0.05, 0.1) is 27.1 Å². The first kappa shape index (κ1) is 13.7. The molecule has 0 unspecified atom stereocenters. The van der Waals surface area contributed by atoms with Gasteiger partial charge in [-0.1, -0.05) is 65.7 Å². The van der Waals surface area contributed by atoms with E-state index in [1.54, 1.807) is 0 Å². The molecule has 3 aromatic heterocycles. The van der Waals surface area contributed by atoms with E-state index >= 15 is 0 Å². The number of hydrogen-bond donors (Lipinski definition) is 0. The molecule has 0 radical (unpaired) electrons. The van der Waals surface area contributed by atoms with Crippen molar-refractivity contribution in [3.8, 4) is 0 Å². The molecule has 0 fully saturated rings. The van der Waals surface area contributed by atoms with Gasteiger partial charge in [-0.15, -0.1) is 0 Å². The molecule has 0 aliphatic heterocycles. The lowest BCUT2D eigenvalue weighted by Gasteiger charge is -2.13. The Morgan fingerprint density at radius 2 is 1.48 bits per heavy atom. The fourth-order valence-corrected chi connectivity index (χ4v) is 4.53. The van der Waals surface area contributed by atoms with Gasteiger partial charge in [-0.05, 0) is 17.5 Å². The fourth-order valence-electron chi connectivity index (χ4n) is 4.15. The molecule has 4 heteroatoms. The van der Waals surface area contributed by atoms with Gasteiger partial charge >= 0.3 is 0 Å². The Hall–Kier alpha value is -2.55. The predicted octanol–water partition coefficient (Wildman–Crippen LogP) is 6.69. The summed E-state index contributed by atoms with van der Waals surface area (Å²) in [5.41, 5.74) is 4.17. The van der Waals surface area contributed by atoms with E-state index in [0.29, 0.717) is 10.2 Å². The lowest BCUT2D eigenvalue weighted by Crippen LogP contribution is -1.94. The SMILES string of the molecule is Clc1cc2c3c(n1)c(Cl)ccc3c1cccc3c4ccccc4n2c13. The van der Waals surface area contributed by atoms with Gasteiger partial charge in [0, 0.05) is 27.6 Å². The first-order chi connectivity index (χ1) is 12.2. The van der Waals surface area contributed by atoms with Crippen LogP contribution in [0.5, 0.6) is 0 Å². The van der Waals surface area contributed by atoms with Crippen molar-refractivity contribution >= 4 is 72.2 Å². The Morgan fingerprint density at radius 1 is 0.720 bits per heavy atom. The van der Waals surface area contributed by atoms with Crippen LogP contribution in [0.15, 0.2) is 60.7 Å². The van der Waals surface area contributed by atoms with Gasteiger partial charge in [0.1, 0.15) is 5.15 Å². The van der Waals surface area contributed by atoms with Gasteiger partial charge < -0.3 is 4.40 Å². The van der Waals surface area contributed by atoms with Crippen LogP contribution in [0, 0.1) is 0 Å². The third-order valence-corrected chi connectivity index (χ3v) is 5.58. The van der Waals surface area contributed by atoms with E-state index < -0.39 is 0 Å². The van der Waals surface area contributed by atoms with Crippen LogP contribution in [0.25, 0.3) is 49.0 Å². The molecule has 3 aromatic carbocycles. The molecule has 6 rings (SSSR count). The van der Waals surface area contributed by atoms with Gasteiger partial charge in [0.25, 0.3) is 0 Å². The normalized spacial score (nSPS) is 12.4. The van der Waals surface area contributed by atoms with Crippen LogP contribution in [0.3, 0.4) is 0 Å². The molecule has 0 atom stereocenters. The Kier molecular flexibility index (Phi) is 2.49. The number of para-hydroxylation sites is 2. The van der Waals surface area contributed by atoms with Crippen molar-refractivity contribution in [3.05, 3.63) is 70.8 Å². The number of aromatic nitrogens is 2. The Bertz CT molecular complexity index is 1460.